The molecular weight excluding hydrogens is 228 g/mol. The van der Waals surface area contributed by atoms with Gasteiger partial charge in [0.2, 0.25) is 0 Å². The summed E-state index contributed by atoms with van der Waals surface area (Å²) in [5.74, 6) is 1.21. The predicted molar refractivity (Wildman–Crippen MR) is 70.5 cm³/mol. The predicted octanol–water partition coefficient (Wildman–Crippen LogP) is 1.83. The van der Waals surface area contributed by atoms with Crippen LogP contribution < -0.4 is 10.6 Å². The first-order valence-electron chi connectivity index (χ1n) is 6.63. The van der Waals surface area contributed by atoms with Crippen molar-refractivity contribution in [3.8, 4) is 0 Å². The van der Waals surface area contributed by atoms with Gasteiger partial charge in [0, 0.05) is 13.1 Å². The van der Waals surface area contributed by atoms with Crippen LogP contribution in [0.2, 0.25) is 0 Å². The molecule has 5 heteroatoms. The zero-order valence-electron chi connectivity index (χ0n) is 10.8. The Hall–Kier alpha value is -1.65. The number of carbonyl (C=O) groups excluding carboxylic acids is 1. The first-order valence-corrected chi connectivity index (χ1v) is 6.63. The maximum absolute atomic E-state index is 11.8. The second-order valence-corrected chi connectivity index (χ2v) is 4.68. The zero-order valence-corrected chi connectivity index (χ0v) is 10.8. The van der Waals surface area contributed by atoms with Gasteiger partial charge in [0.1, 0.15) is 11.5 Å². The third-order valence-electron chi connectivity index (χ3n) is 3.27. The lowest BCUT2D eigenvalue weighted by molar-refractivity contribution is 0.0942. The third kappa shape index (κ3) is 3.42. The summed E-state index contributed by atoms with van der Waals surface area (Å²) in [7, 11) is 0. The molecule has 0 saturated heterocycles. The number of hydrogen-bond donors (Lipinski definition) is 2. The monoisotopic (exact) mass is 248 g/mol. The Morgan fingerprint density at radius 2 is 2.11 bits per heavy atom. The molecule has 98 valence electrons. The summed E-state index contributed by atoms with van der Waals surface area (Å²) in [5.41, 5.74) is 0.384. The number of aromatic nitrogens is 2. The Morgan fingerprint density at radius 3 is 2.72 bits per heavy atom. The van der Waals surface area contributed by atoms with Gasteiger partial charge in [-0.25, -0.2) is 9.97 Å². The summed E-state index contributed by atoms with van der Waals surface area (Å²) < 4.78 is 0. The van der Waals surface area contributed by atoms with Gasteiger partial charge in [-0.3, -0.25) is 4.79 Å². The van der Waals surface area contributed by atoms with Crippen molar-refractivity contribution < 1.29 is 4.79 Å². The molecule has 0 aliphatic heterocycles. The molecule has 1 aliphatic carbocycles. The van der Waals surface area contributed by atoms with Gasteiger partial charge < -0.3 is 10.6 Å². The molecule has 1 fully saturated rings. The lowest BCUT2D eigenvalue weighted by Crippen LogP contribution is -2.29. The van der Waals surface area contributed by atoms with Gasteiger partial charge >= 0.3 is 0 Å². The van der Waals surface area contributed by atoms with Crippen LogP contribution in [0.5, 0.6) is 0 Å². The summed E-state index contributed by atoms with van der Waals surface area (Å²) in [4.78, 5) is 20.1. The molecular formula is C13H20N4O. The molecule has 1 heterocycles. The van der Waals surface area contributed by atoms with E-state index in [1.165, 1.54) is 31.9 Å². The Kier molecular flexibility index (Phi) is 4.50. The van der Waals surface area contributed by atoms with Crippen LogP contribution in [0.4, 0.5) is 5.82 Å². The second kappa shape index (κ2) is 6.33. The lowest BCUT2D eigenvalue weighted by Gasteiger charge is -2.10. The highest BCUT2D eigenvalue weighted by Gasteiger charge is 2.16. The van der Waals surface area contributed by atoms with E-state index < -0.39 is 0 Å². The van der Waals surface area contributed by atoms with E-state index in [-0.39, 0.29) is 5.91 Å². The number of hydrogen-bond acceptors (Lipinski definition) is 4. The van der Waals surface area contributed by atoms with Gasteiger partial charge in [-0.1, -0.05) is 12.8 Å². The Morgan fingerprint density at radius 1 is 1.33 bits per heavy atom. The Labute approximate surface area is 107 Å². The number of amides is 1. The molecule has 1 amide bonds. The molecule has 0 atom stereocenters. The van der Waals surface area contributed by atoms with Gasteiger partial charge in [0.25, 0.3) is 5.91 Å². The molecule has 1 aromatic rings. The van der Waals surface area contributed by atoms with Crippen LogP contribution in [-0.4, -0.2) is 29.0 Å². The fourth-order valence-corrected chi connectivity index (χ4v) is 2.26. The summed E-state index contributed by atoms with van der Waals surface area (Å²) in [5, 5.41) is 5.98. The number of nitrogens with one attached hydrogen (secondary N) is 2. The summed E-state index contributed by atoms with van der Waals surface area (Å²) in [6, 6.07) is 0. The largest absolute Gasteiger partial charge is 0.369 e. The summed E-state index contributed by atoms with van der Waals surface area (Å²) in [6.45, 7) is 3.54. The van der Waals surface area contributed by atoms with Crippen molar-refractivity contribution in [1.82, 2.24) is 15.3 Å². The van der Waals surface area contributed by atoms with Gasteiger partial charge in [-0.05, 0) is 25.7 Å². The van der Waals surface area contributed by atoms with Crippen molar-refractivity contribution >= 4 is 11.7 Å². The first kappa shape index (κ1) is 12.8. The van der Waals surface area contributed by atoms with Crippen LogP contribution in [0.3, 0.4) is 0 Å². The zero-order chi connectivity index (χ0) is 12.8. The number of carbonyl (C=O) groups is 1. The second-order valence-electron chi connectivity index (χ2n) is 4.68. The van der Waals surface area contributed by atoms with Crippen molar-refractivity contribution in [2.45, 2.75) is 32.6 Å². The van der Waals surface area contributed by atoms with Crippen molar-refractivity contribution in [1.29, 1.82) is 0 Å². The van der Waals surface area contributed by atoms with Gasteiger partial charge in [0.05, 0.1) is 12.4 Å². The lowest BCUT2D eigenvalue weighted by atomic mass is 10.1. The van der Waals surface area contributed by atoms with Gasteiger partial charge in [0.15, 0.2) is 0 Å². The van der Waals surface area contributed by atoms with E-state index in [1.807, 2.05) is 6.92 Å². The van der Waals surface area contributed by atoms with Crippen LogP contribution in [0.1, 0.15) is 43.1 Å². The number of rotatable bonds is 5. The van der Waals surface area contributed by atoms with Crippen molar-refractivity contribution in [2.75, 3.05) is 18.4 Å². The van der Waals surface area contributed by atoms with E-state index in [2.05, 4.69) is 20.6 Å². The smallest absolute Gasteiger partial charge is 0.271 e. The molecule has 0 radical (unpaired) electrons. The molecule has 2 rings (SSSR count). The van der Waals surface area contributed by atoms with Crippen LogP contribution >= 0.6 is 0 Å². The van der Waals surface area contributed by atoms with E-state index >= 15 is 0 Å². The number of anilines is 1. The number of nitrogens with zero attached hydrogens (tertiary/aromatic N) is 2. The summed E-state index contributed by atoms with van der Waals surface area (Å²) in [6.07, 6.45) is 8.14. The highest BCUT2D eigenvalue weighted by molar-refractivity contribution is 5.91. The molecule has 0 unspecified atom stereocenters. The SMILES string of the molecule is CCNc1cnc(C(=O)NCC2CCCC2)cn1. The van der Waals surface area contributed by atoms with Crippen molar-refractivity contribution in [3.63, 3.8) is 0 Å². The van der Waals surface area contributed by atoms with Crippen LogP contribution in [-0.2, 0) is 0 Å². The minimum atomic E-state index is -0.127. The topological polar surface area (TPSA) is 66.9 Å². The average molecular weight is 248 g/mol. The average Bonchev–Trinajstić information content (AvgIpc) is 2.90. The fraction of sp³-hybridized carbons (Fsp3) is 0.615. The minimum absolute atomic E-state index is 0.127. The van der Waals surface area contributed by atoms with Crippen LogP contribution in [0.25, 0.3) is 0 Å². The van der Waals surface area contributed by atoms with E-state index in [9.17, 15) is 4.79 Å². The quantitative estimate of drug-likeness (QED) is 0.834. The van der Waals surface area contributed by atoms with Crippen molar-refractivity contribution in [2.24, 2.45) is 5.92 Å². The fourth-order valence-electron chi connectivity index (χ4n) is 2.26. The molecule has 1 aromatic heterocycles. The maximum Gasteiger partial charge on any atom is 0.271 e. The molecule has 5 nitrogen and oxygen atoms in total. The molecule has 1 saturated carbocycles. The van der Waals surface area contributed by atoms with E-state index in [0.717, 1.165) is 13.1 Å². The highest BCUT2D eigenvalue weighted by atomic mass is 16.1. The molecule has 0 spiro atoms. The third-order valence-corrected chi connectivity index (χ3v) is 3.27. The standard InChI is InChI=1S/C13H20N4O/c1-2-14-12-9-15-11(8-16-12)13(18)17-7-10-5-3-4-6-10/h8-10H,2-7H2,1H3,(H,14,16)(H,17,18). The van der Waals surface area contributed by atoms with E-state index in [0.29, 0.717) is 17.4 Å². The summed E-state index contributed by atoms with van der Waals surface area (Å²) >= 11 is 0. The molecule has 18 heavy (non-hydrogen) atoms. The Balaban J connectivity index is 1.83. The van der Waals surface area contributed by atoms with Crippen LogP contribution in [0, 0.1) is 5.92 Å². The molecule has 0 bridgehead atoms. The van der Waals surface area contributed by atoms with Gasteiger partial charge in [-0.15, -0.1) is 0 Å². The first-order chi connectivity index (χ1) is 8.79. The normalized spacial score (nSPS) is 15.6. The van der Waals surface area contributed by atoms with Crippen LogP contribution in [0.15, 0.2) is 12.4 Å². The Bertz CT molecular complexity index is 384. The van der Waals surface area contributed by atoms with E-state index in [1.54, 1.807) is 6.20 Å². The molecule has 0 aromatic carbocycles. The highest BCUT2D eigenvalue weighted by Crippen LogP contribution is 2.23. The van der Waals surface area contributed by atoms with Crippen molar-refractivity contribution in [3.05, 3.63) is 18.1 Å². The van der Waals surface area contributed by atoms with E-state index in [4.69, 9.17) is 0 Å². The maximum atomic E-state index is 11.8. The van der Waals surface area contributed by atoms with Gasteiger partial charge in [-0.2, -0.15) is 0 Å². The molecule has 2 N–H and O–H groups in total. The molecule has 1 aliphatic rings. The minimum Gasteiger partial charge on any atom is -0.369 e.